The molecule has 4 rings (SSSR count). The van der Waals surface area contributed by atoms with Crippen molar-refractivity contribution in [3.8, 4) is 5.75 Å². The predicted molar refractivity (Wildman–Crippen MR) is 103 cm³/mol. The van der Waals surface area contributed by atoms with E-state index >= 15 is 0 Å². The molecule has 1 saturated heterocycles. The zero-order chi connectivity index (χ0) is 19.0. The first kappa shape index (κ1) is 17.9. The Bertz CT molecular complexity index is 779. The van der Waals surface area contributed by atoms with Crippen molar-refractivity contribution >= 4 is 17.9 Å². The molecule has 3 aliphatic heterocycles. The lowest BCUT2D eigenvalue weighted by Gasteiger charge is -2.42. The van der Waals surface area contributed by atoms with E-state index in [4.69, 9.17) is 4.74 Å². The van der Waals surface area contributed by atoms with Gasteiger partial charge in [0.1, 0.15) is 18.6 Å². The fraction of sp³-hybridized carbons (Fsp3) is 0.500. The van der Waals surface area contributed by atoms with Crippen molar-refractivity contribution in [3.63, 3.8) is 0 Å². The Morgan fingerprint density at radius 3 is 3.15 bits per heavy atom. The molecule has 1 aromatic carbocycles. The highest BCUT2D eigenvalue weighted by Gasteiger charge is 2.37. The molecule has 0 aromatic heterocycles. The molecule has 1 amide bonds. The number of nitrogens with one attached hydrogen (secondary N) is 2. The molecule has 2 atom stereocenters. The normalized spacial score (nSPS) is 21.7. The van der Waals surface area contributed by atoms with Crippen LogP contribution in [0.2, 0.25) is 0 Å². The molecule has 2 N–H and O–H groups in total. The predicted octanol–water partition coefficient (Wildman–Crippen LogP) is 0.894. The molecule has 3 aliphatic rings. The van der Waals surface area contributed by atoms with Crippen molar-refractivity contribution in [2.75, 3.05) is 38.2 Å². The van der Waals surface area contributed by atoms with Crippen molar-refractivity contribution in [1.82, 2.24) is 15.5 Å². The van der Waals surface area contributed by atoms with Crippen molar-refractivity contribution in [2.45, 2.75) is 31.5 Å². The number of hydrogen-bond acceptors (Lipinski definition) is 6. The number of fused-ring (bicyclic) bond motifs is 4. The fourth-order valence-corrected chi connectivity index (χ4v) is 4.27. The second-order valence-corrected chi connectivity index (χ2v) is 7.31. The number of hydrogen-bond donors (Lipinski definition) is 2. The van der Waals surface area contributed by atoms with E-state index in [1.54, 1.807) is 7.05 Å². The summed E-state index contributed by atoms with van der Waals surface area (Å²) in [5.74, 6) is 0.769. The van der Waals surface area contributed by atoms with Crippen LogP contribution in [0.4, 0.5) is 5.69 Å². The molecule has 0 spiro atoms. The smallest absolute Gasteiger partial charge is 0.255 e. The van der Waals surface area contributed by atoms with Crippen LogP contribution in [0.25, 0.3) is 0 Å². The first-order valence-electron chi connectivity index (χ1n) is 9.52. The largest absolute Gasteiger partial charge is 0.489 e. The summed E-state index contributed by atoms with van der Waals surface area (Å²) in [6.45, 7) is 8.01. The third-order valence-corrected chi connectivity index (χ3v) is 5.77. The number of benzene rings is 1. The van der Waals surface area contributed by atoms with E-state index in [1.807, 2.05) is 11.0 Å². The third kappa shape index (κ3) is 3.06. The van der Waals surface area contributed by atoms with Crippen molar-refractivity contribution in [2.24, 2.45) is 0 Å². The standard InChI is InChI=1S/C20H26N4O3/c1-13(21-2)17(4-3-7-25)24-11-14-8-18-19(9-16(14)20(24)26)27-12-15-10-22-5-6-23(15)18/h7-9,15,17,21-22H,1,3-6,10-12H2,2H3. The maximum atomic E-state index is 13.1. The van der Waals surface area contributed by atoms with Gasteiger partial charge >= 0.3 is 0 Å². The van der Waals surface area contributed by atoms with Gasteiger partial charge in [0.2, 0.25) is 0 Å². The molecule has 7 heteroatoms. The minimum atomic E-state index is -0.204. The number of nitrogens with zero attached hydrogens (tertiary/aromatic N) is 2. The number of carbonyl (C=O) groups excluding carboxylic acids is 2. The SMILES string of the molecule is C=C(NC)C(CCC=O)N1Cc2cc3c(cc2C1=O)OCC1CNCCN31. The molecular weight excluding hydrogens is 344 g/mol. The van der Waals surface area contributed by atoms with Gasteiger partial charge in [-0.1, -0.05) is 6.58 Å². The van der Waals surface area contributed by atoms with Crippen LogP contribution < -0.4 is 20.3 Å². The summed E-state index contributed by atoms with van der Waals surface area (Å²) in [5.41, 5.74) is 3.54. The highest BCUT2D eigenvalue weighted by Crippen LogP contribution is 2.40. The average molecular weight is 370 g/mol. The summed E-state index contributed by atoms with van der Waals surface area (Å²) in [5, 5.41) is 6.45. The van der Waals surface area contributed by atoms with Crippen LogP contribution in [0.15, 0.2) is 24.4 Å². The van der Waals surface area contributed by atoms with E-state index < -0.39 is 0 Å². The average Bonchev–Trinajstić information content (AvgIpc) is 3.02. The molecule has 0 radical (unpaired) electrons. The van der Waals surface area contributed by atoms with Crippen molar-refractivity contribution < 1.29 is 14.3 Å². The van der Waals surface area contributed by atoms with Crippen LogP contribution >= 0.6 is 0 Å². The fourth-order valence-electron chi connectivity index (χ4n) is 4.27. The number of aldehydes is 1. The van der Waals surface area contributed by atoms with Gasteiger partial charge in [0.25, 0.3) is 5.91 Å². The van der Waals surface area contributed by atoms with Gasteiger partial charge in [0.05, 0.1) is 17.8 Å². The van der Waals surface area contributed by atoms with E-state index in [0.717, 1.165) is 48.6 Å². The topological polar surface area (TPSA) is 73.9 Å². The summed E-state index contributed by atoms with van der Waals surface area (Å²) in [4.78, 5) is 28.1. The number of ether oxygens (including phenoxy) is 1. The minimum absolute atomic E-state index is 0.0221. The number of amides is 1. The van der Waals surface area contributed by atoms with Gasteiger partial charge in [-0.25, -0.2) is 0 Å². The zero-order valence-electron chi connectivity index (χ0n) is 15.7. The Hall–Kier alpha value is -2.54. The van der Waals surface area contributed by atoms with Crippen LogP contribution in [0.3, 0.4) is 0 Å². The lowest BCUT2D eigenvalue weighted by atomic mass is 10.0. The summed E-state index contributed by atoms with van der Waals surface area (Å²) in [6, 6.07) is 4.13. The second-order valence-electron chi connectivity index (χ2n) is 7.31. The third-order valence-electron chi connectivity index (χ3n) is 5.77. The first-order chi connectivity index (χ1) is 13.1. The summed E-state index contributed by atoms with van der Waals surface area (Å²) in [7, 11) is 1.79. The molecule has 1 fully saturated rings. The summed E-state index contributed by atoms with van der Waals surface area (Å²) in [6.07, 6.45) is 1.85. The zero-order valence-corrected chi connectivity index (χ0v) is 15.7. The van der Waals surface area contributed by atoms with Gasteiger partial charge in [-0.05, 0) is 24.1 Å². The van der Waals surface area contributed by atoms with Crippen molar-refractivity contribution in [1.29, 1.82) is 0 Å². The van der Waals surface area contributed by atoms with Crippen LogP contribution in [0.5, 0.6) is 5.75 Å². The Labute approximate surface area is 159 Å². The second kappa shape index (κ2) is 7.23. The summed E-state index contributed by atoms with van der Waals surface area (Å²) >= 11 is 0. The molecule has 7 nitrogen and oxygen atoms in total. The molecule has 0 aliphatic carbocycles. The monoisotopic (exact) mass is 370 g/mol. The van der Waals surface area contributed by atoms with Crippen LogP contribution in [-0.2, 0) is 11.3 Å². The Balaban J connectivity index is 1.64. The van der Waals surface area contributed by atoms with Crippen LogP contribution in [-0.4, -0.2) is 62.5 Å². The number of anilines is 1. The van der Waals surface area contributed by atoms with Gasteiger partial charge in [-0.3, -0.25) is 4.79 Å². The lowest BCUT2D eigenvalue weighted by molar-refractivity contribution is -0.108. The number of rotatable bonds is 6. The lowest BCUT2D eigenvalue weighted by Crippen LogP contribution is -2.55. The van der Waals surface area contributed by atoms with Crippen LogP contribution in [0, 0.1) is 0 Å². The highest BCUT2D eigenvalue weighted by atomic mass is 16.5. The molecule has 0 saturated carbocycles. The Morgan fingerprint density at radius 2 is 2.37 bits per heavy atom. The Kier molecular flexibility index (Phi) is 4.78. The maximum absolute atomic E-state index is 13.1. The van der Waals surface area contributed by atoms with Gasteiger partial charge < -0.3 is 30.0 Å². The van der Waals surface area contributed by atoms with Crippen molar-refractivity contribution in [3.05, 3.63) is 35.5 Å². The molecule has 0 bridgehead atoms. The van der Waals surface area contributed by atoms with Gasteiger partial charge in [-0.15, -0.1) is 0 Å². The first-order valence-corrected chi connectivity index (χ1v) is 9.52. The summed E-state index contributed by atoms with van der Waals surface area (Å²) < 4.78 is 5.97. The van der Waals surface area contributed by atoms with E-state index in [1.165, 1.54) is 0 Å². The molecular formula is C20H26N4O3. The molecule has 144 valence electrons. The molecule has 3 heterocycles. The van der Waals surface area contributed by atoms with Gasteiger partial charge in [0, 0.05) is 50.9 Å². The number of piperazine rings is 1. The quantitative estimate of drug-likeness (QED) is 0.725. The number of likely N-dealkylation sites (N-methyl/N-ethyl adjacent to an activating group) is 1. The van der Waals surface area contributed by atoms with Crippen LogP contribution in [0.1, 0.15) is 28.8 Å². The van der Waals surface area contributed by atoms with Gasteiger partial charge in [-0.2, -0.15) is 0 Å². The van der Waals surface area contributed by atoms with Gasteiger partial charge in [0.15, 0.2) is 0 Å². The molecule has 1 aromatic rings. The molecule has 27 heavy (non-hydrogen) atoms. The highest BCUT2D eigenvalue weighted by molar-refractivity contribution is 6.00. The van der Waals surface area contributed by atoms with E-state index in [-0.39, 0.29) is 11.9 Å². The van der Waals surface area contributed by atoms with E-state index in [2.05, 4.69) is 28.2 Å². The van der Waals surface area contributed by atoms with E-state index in [9.17, 15) is 9.59 Å². The minimum Gasteiger partial charge on any atom is -0.489 e. The Morgan fingerprint density at radius 1 is 1.52 bits per heavy atom. The number of carbonyl (C=O) groups is 2. The van der Waals surface area contributed by atoms with E-state index in [0.29, 0.717) is 37.6 Å². The maximum Gasteiger partial charge on any atom is 0.255 e. The molecule has 2 unspecified atom stereocenters.